The van der Waals surface area contributed by atoms with E-state index in [1.54, 1.807) is 12.1 Å². The van der Waals surface area contributed by atoms with Crippen LogP contribution in [0.3, 0.4) is 0 Å². The zero-order valence-electron chi connectivity index (χ0n) is 21.1. The molecule has 1 atom stereocenters. The van der Waals surface area contributed by atoms with Gasteiger partial charge in [0, 0.05) is 29.7 Å². The zero-order valence-corrected chi connectivity index (χ0v) is 23.4. The molecule has 0 aromatic heterocycles. The summed E-state index contributed by atoms with van der Waals surface area (Å²) in [5.41, 5.74) is 1.60. The van der Waals surface area contributed by atoms with Crippen molar-refractivity contribution in [1.82, 2.24) is 5.01 Å². The summed E-state index contributed by atoms with van der Waals surface area (Å²) in [4.78, 5) is -0.364. The van der Waals surface area contributed by atoms with Crippen molar-refractivity contribution in [3.8, 4) is 6.07 Å². The van der Waals surface area contributed by atoms with Gasteiger partial charge in [-0.3, -0.25) is 0 Å². The smallest absolute Gasteiger partial charge is 0.241 e. The van der Waals surface area contributed by atoms with Crippen molar-refractivity contribution in [1.29, 1.82) is 5.26 Å². The summed E-state index contributed by atoms with van der Waals surface area (Å²) in [6.07, 6.45) is -3.22. The Kier molecular flexibility index (Phi) is 9.56. The number of hydrogen-bond acceptors (Lipinski definition) is 5. The monoisotopic (exact) mass is 604 g/mol. The van der Waals surface area contributed by atoms with Gasteiger partial charge in [-0.25, -0.2) is 5.01 Å². The highest BCUT2D eigenvalue weighted by Gasteiger charge is 2.32. The minimum atomic E-state index is -4.59. The first kappa shape index (κ1) is 29.6. The van der Waals surface area contributed by atoms with Crippen LogP contribution in [0, 0.1) is 11.3 Å². The lowest BCUT2D eigenvalue weighted by Crippen LogP contribution is -2.35. The average Bonchev–Trinajstić information content (AvgIpc) is 2.95. The van der Waals surface area contributed by atoms with Crippen molar-refractivity contribution in [3.05, 3.63) is 101 Å². The molecule has 1 aliphatic rings. The number of halogens is 4. The van der Waals surface area contributed by atoms with Crippen molar-refractivity contribution in [2.45, 2.75) is 36.3 Å². The van der Waals surface area contributed by atoms with E-state index >= 15 is 0 Å². The van der Waals surface area contributed by atoms with Crippen LogP contribution in [0.25, 0.3) is 0 Å². The SMILES string of the molecule is N#CCCCS/C(=N\S(=O)(=O)c1ccc(C(F)(F)F)cc1)N1CCC(c2ccccc2)C(c2ccc(Cl)cc2)=N1. The van der Waals surface area contributed by atoms with Crippen LogP contribution in [0.4, 0.5) is 13.2 Å². The molecule has 0 spiro atoms. The molecule has 6 nitrogen and oxygen atoms in total. The van der Waals surface area contributed by atoms with Gasteiger partial charge in [0.2, 0.25) is 0 Å². The molecule has 208 valence electrons. The summed E-state index contributed by atoms with van der Waals surface area (Å²) >= 11 is 7.24. The number of alkyl halides is 3. The maximum absolute atomic E-state index is 13.2. The molecular weight excluding hydrogens is 581 g/mol. The van der Waals surface area contributed by atoms with E-state index in [1.165, 1.54) is 5.01 Å². The van der Waals surface area contributed by atoms with E-state index < -0.39 is 21.8 Å². The Labute approximate surface area is 240 Å². The number of amidine groups is 1. The molecule has 3 aromatic rings. The summed E-state index contributed by atoms with van der Waals surface area (Å²) in [5.74, 6) is 0.328. The second-order valence-corrected chi connectivity index (χ2v) is 12.0. The van der Waals surface area contributed by atoms with E-state index in [9.17, 15) is 21.6 Å². The van der Waals surface area contributed by atoms with Crippen molar-refractivity contribution in [2.75, 3.05) is 12.3 Å². The lowest BCUT2D eigenvalue weighted by atomic mass is 9.86. The Morgan fingerprint density at radius 1 is 1.07 bits per heavy atom. The molecule has 0 N–H and O–H groups in total. The molecule has 12 heteroatoms. The lowest BCUT2D eigenvalue weighted by molar-refractivity contribution is -0.137. The van der Waals surface area contributed by atoms with Crippen LogP contribution in [0.1, 0.15) is 41.9 Å². The summed E-state index contributed by atoms with van der Waals surface area (Å²) in [6, 6.07) is 22.3. The topological polar surface area (TPSA) is 85.9 Å². The fourth-order valence-electron chi connectivity index (χ4n) is 4.10. The second kappa shape index (κ2) is 12.9. The van der Waals surface area contributed by atoms with Gasteiger partial charge in [-0.2, -0.15) is 32.0 Å². The van der Waals surface area contributed by atoms with E-state index in [2.05, 4.69) is 10.5 Å². The summed E-state index contributed by atoms with van der Waals surface area (Å²) < 4.78 is 69.4. The van der Waals surface area contributed by atoms with E-state index in [0.717, 1.165) is 35.0 Å². The van der Waals surface area contributed by atoms with Crippen molar-refractivity contribution in [2.24, 2.45) is 9.50 Å². The predicted molar refractivity (Wildman–Crippen MR) is 152 cm³/mol. The molecule has 40 heavy (non-hydrogen) atoms. The minimum absolute atomic E-state index is 0.0741. The lowest BCUT2D eigenvalue weighted by Gasteiger charge is -2.31. The Morgan fingerprint density at radius 3 is 2.38 bits per heavy atom. The van der Waals surface area contributed by atoms with E-state index in [-0.39, 0.29) is 22.4 Å². The Balaban J connectivity index is 1.74. The molecule has 0 bridgehead atoms. The highest BCUT2D eigenvalue weighted by atomic mass is 35.5. The first-order valence-corrected chi connectivity index (χ1v) is 15.1. The van der Waals surface area contributed by atoms with Gasteiger partial charge in [-0.15, -0.1) is 4.40 Å². The normalized spacial score (nSPS) is 16.4. The number of hydrazone groups is 1. The highest BCUT2D eigenvalue weighted by molar-refractivity contribution is 8.14. The number of sulfonamides is 1. The number of unbranched alkanes of at least 4 members (excludes halogenated alkanes) is 1. The van der Waals surface area contributed by atoms with Crippen molar-refractivity contribution >= 4 is 44.3 Å². The Bertz CT molecular complexity index is 1520. The van der Waals surface area contributed by atoms with Gasteiger partial charge in [0.15, 0.2) is 5.17 Å². The van der Waals surface area contributed by atoms with Crippen LogP contribution >= 0.6 is 23.4 Å². The fraction of sp³-hybridized carbons (Fsp3) is 0.250. The van der Waals surface area contributed by atoms with E-state index in [1.807, 2.05) is 42.5 Å². The Hall–Kier alpha value is -3.33. The third-order valence-electron chi connectivity index (χ3n) is 6.09. The van der Waals surface area contributed by atoms with Crippen LogP contribution in [0.5, 0.6) is 0 Å². The molecule has 1 unspecified atom stereocenters. The summed E-state index contributed by atoms with van der Waals surface area (Å²) in [6.45, 7) is 0.350. The Morgan fingerprint density at radius 2 is 1.75 bits per heavy atom. The van der Waals surface area contributed by atoms with Crippen LogP contribution in [0.2, 0.25) is 5.02 Å². The number of rotatable bonds is 7. The molecule has 0 saturated carbocycles. The number of nitrogens with zero attached hydrogens (tertiary/aromatic N) is 4. The van der Waals surface area contributed by atoms with Gasteiger partial charge in [0.05, 0.1) is 22.2 Å². The first-order chi connectivity index (χ1) is 19.1. The number of nitriles is 1. The molecule has 1 heterocycles. The first-order valence-electron chi connectivity index (χ1n) is 12.3. The van der Waals surface area contributed by atoms with Crippen molar-refractivity contribution < 1.29 is 21.6 Å². The molecular formula is C28H24ClF3N4O2S2. The maximum atomic E-state index is 13.2. The van der Waals surface area contributed by atoms with E-state index in [4.69, 9.17) is 22.0 Å². The van der Waals surface area contributed by atoms with Crippen LogP contribution in [-0.2, 0) is 16.2 Å². The van der Waals surface area contributed by atoms with Crippen LogP contribution < -0.4 is 0 Å². The van der Waals surface area contributed by atoms with Gasteiger partial charge in [0.1, 0.15) is 0 Å². The standard InChI is InChI=1S/C28H24ClF3N4O2S2/c29-23-12-8-21(9-13-23)26-25(20-6-2-1-3-7-20)16-18-36(34-26)27(39-19-5-4-17-33)35-40(37,38)24-14-10-22(11-15-24)28(30,31)32/h1-3,6-15,25H,4-5,16,18-19H2/b35-27-. The number of thioether (sulfide) groups is 1. The zero-order chi connectivity index (χ0) is 28.8. The average molecular weight is 605 g/mol. The molecule has 0 fully saturated rings. The third kappa shape index (κ3) is 7.44. The molecule has 0 radical (unpaired) electrons. The van der Waals surface area contributed by atoms with Gasteiger partial charge in [0.25, 0.3) is 10.0 Å². The molecule has 0 saturated heterocycles. The van der Waals surface area contributed by atoms with Crippen LogP contribution in [0.15, 0.2) is 93.3 Å². The molecule has 3 aromatic carbocycles. The van der Waals surface area contributed by atoms with Crippen molar-refractivity contribution in [3.63, 3.8) is 0 Å². The molecule has 1 aliphatic heterocycles. The van der Waals surface area contributed by atoms with Gasteiger partial charge in [-0.1, -0.05) is 65.8 Å². The number of benzene rings is 3. The highest BCUT2D eigenvalue weighted by Crippen LogP contribution is 2.33. The predicted octanol–water partition coefficient (Wildman–Crippen LogP) is 7.33. The minimum Gasteiger partial charge on any atom is -0.241 e. The van der Waals surface area contributed by atoms with Crippen LogP contribution in [-0.4, -0.2) is 36.6 Å². The molecule has 0 aliphatic carbocycles. The largest absolute Gasteiger partial charge is 0.416 e. The number of hydrogen-bond donors (Lipinski definition) is 0. The maximum Gasteiger partial charge on any atom is 0.416 e. The molecule has 0 amide bonds. The van der Waals surface area contributed by atoms with E-state index in [0.29, 0.717) is 48.0 Å². The second-order valence-electron chi connectivity index (χ2n) is 8.85. The molecule has 4 rings (SSSR count). The summed E-state index contributed by atoms with van der Waals surface area (Å²) in [5, 5.41) is 15.9. The van der Waals surface area contributed by atoms with Gasteiger partial charge >= 0.3 is 6.18 Å². The van der Waals surface area contributed by atoms with Gasteiger partial charge < -0.3 is 0 Å². The van der Waals surface area contributed by atoms with Gasteiger partial charge in [-0.05, 0) is 60.4 Å². The summed E-state index contributed by atoms with van der Waals surface area (Å²) in [7, 11) is -4.36. The fourth-order valence-corrected chi connectivity index (χ4v) is 6.37. The quantitative estimate of drug-likeness (QED) is 0.160. The third-order valence-corrected chi connectivity index (χ3v) is 8.79.